The van der Waals surface area contributed by atoms with E-state index in [2.05, 4.69) is 18.1 Å². The fourth-order valence-electron chi connectivity index (χ4n) is 6.18. The van der Waals surface area contributed by atoms with E-state index in [9.17, 15) is 10.1 Å². The van der Waals surface area contributed by atoms with Crippen LogP contribution in [0.15, 0.2) is 59.5 Å². The van der Waals surface area contributed by atoms with E-state index in [1.807, 2.05) is 33.3 Å². The van der Waals surface area contributed by atoms with E-state index in [0.29, 0.717) is 47.5 Å². The molecule has 0 atom stereocenters. The van der Waals surface area contributed by atoms with Crippen molar-refractivity contribution in [1.29, 1.82) is 5.26 Å². The molecule has 1 aliphatic heterocycles. The van der Waals surface area contributed by atoms with Crippen molar-refractivity contribution in [2.75, 3.05) is 13.2 Å². The summed E-state index contributed by atoms with van der Waals surface area (Å²) in [7, 11) is 0. The van der Waals surface area contributed by atoms with Crippen LogP contribution >= 0.6 is 0 Å². The van der Waals surface area contributed by atoms with E-state index in [0.717, 1.165) is 43.4 Å². The molecule has 8 heteroatoms. The third-order valence-corrected chi connectivity index (χ3v) is 8.11. The second-order valence-electron chi connectivity index (χ2n) is 10.4. The molecule has 2 aromatic carbocycles. The number of ether oxygens (including phenoxy) is 2. The highest BCUT2D eigenvalue weighted by Gasteiger charge is 2.41. The van der Waals surface area contributed by atoms with Gasteiger partial charge in [-0.1, -0.05) is 43.7 Å². The van der Waals surface area contributed by atoms with Gasteiger partial charge < -0.3 is 9.47 Å². The van der Waals surface area contributed by atoms with Crippen LogP contribution in [-0.4, -0.2) is 33.2 Å². The molecule has 0 N–H and O–H groups in total. The van der Waals surface area contributed by atoms with Gasteiger partial charge in [0.05, 0.1) is 36.7 Å². The van der Waals surface area contributed by atoms with Crippen molar-refractivity contribution in [2.24, 2.45) is 0 Å². The average Bonchev–Trinajstić information content (AvgIpc) is 3.63. The van der Waals surface area contributed by atoms with Crippen molar-refractivity contribution in [2.45, 2.75) is 63.7 Å². The minimum atomic E-state index is -0.517. The first kappa shape index (κ1) is 25.5. The zero-order valence-electron chi connectivity index (χ0n) is 22.0. The van der Waals surface area contributed by atoms with Crippen LogP contribution in [-0.2, 0) is 22.3 Å². The molecular weight excluding hydrogens is 495 g/mol. The Balaban J connectivity index is 1.39. The molecule has 1 aliphatic carbocycles. The summed E-state index contributed by atoms with van der Waals surface area (Å²) in [6, 6.07) is 16.2. The first-order valence-electron chi connectivity index (χ1n) is 13.7. The van der Waals surface area contributed by atoms with E-state index in [1.165, 1.54) is 6.07 Å². The van der Waals surface area contributed by atoms with Gasteiger partial charge in [0.25, 0.3) is 5.56 Å². The highest BCUT2D eigenvalue weighted by molar-refractivity contribution is 5.70. The summed E-state index contributed by atoms with van der Waals surface area (Å²) in [4.78, 5) is 14.2. The number of fused-ring (bicyclic) bond motifs is 1. The molecular formula is C31H31FN4O3. The summed E-state index contributed by atoms with van der Waals surface area (Å²) in [6.45, 7) is 3.29. The molecule has 1 saturated carbocycles. The molecule has 1 spiro atoms. The minimum Gasteiger partial charge on any atom is -0.348 e. The van der Waals surface area contributed by atoms with Gasteiger partial charge in [-0.3, -0.25) is 9.36 Å². The third kappa shape index (κ3) is 4.56. The molecule has 2 fully saturated rings. The van der Waals surface area contributed by atoms with Crippen LogP contribution < -0.4 is 5.56 Å². The fourth-order valence-corrected chi connectivity index (χ4v) is 6.18. The summed E-state index contributed by atoms with van der Waals surface area (Å²) in [5.41, 5.74) is 4.33. The summed E-state index contributed by atoms with van der Waals surface area (Å²) in [6.07, 6.45) is 6.37. The molecule has 0 bridgehead atoms. The number of hydrogen-bond acceptors (Lipinski definition) is 5. The SMILES string of the molecule is CCCc1c(Cc2ccc(-c3ccccc3C#N)cc2F)c(=O)n(C2CCC3(CC2)OCCO3)c2ccnn12. The van der Waals surface area contributed by atoms with E-state index >= 15 is 4.39 Å². The van der Waals surface area contributed by atoms with Crippen LogP contribution in [0.5, 0.6) is 0 Å². The summed E-state index contributed by atoms with van der Waals surface area (Å²) in [5.74, 6) is -0.916. The zero-order valence-corrected chi connectivity index (χ0v) is 22.0. The molecule has 1 saturated heterocycles. The lowest BCUT2D eigenvalue weighted by Crippen LogP contribution is -2.39. The monoisotopic (exact) mass is 526 g/mol. The maximum atomic E-state index is 15.5. The second-order valence-corrected chi connectivity index (χ2v) is 10.4. The van der Waals surface area contributed by atoms with Crippen LogP contribution in [0.1, 0.15) is 67.5 Å². The Morgan fingerprint density at radius 2 is 1.90 bits per heavy atom. The molecule has 0 amide bonds. The maximum absolute atomic E-state index is 15.5. The highest BCUT2D eigenvalue weighted by atomic mass is 19.1. The summed E-state index contributed by atoms with van der Waals surface area (Å²) < 4.78 is 31.1. The van der Waals surface area contributed by atoms with Gasteiger partial charge in [-0.05, 0) is 48.1 Å². The van der Waals surface area contributed by atoms with Gasteiger partial charge in [-0.25, -0.2) is 8.91 Å². The normalized spacial score (nSPS) is 17.2. The Hall–Kier alpha value is -3.80. The largest absolute Gasteiger partial charge is 0.348 e. The topological polar surface area (TPSA) is 81.5 Å². The molecule has 39 heavy (non-hydrogen) atoms. The Bertz CT molecular complexity index is 1620. The number of hydrogen-bond donors (Lipinski definition) is 0. The second kappa shape index (κ2) is 10.4. The number of aryl methyl sites for hydroxylation is 1. The van der Waals surface area contributed by atoms with Gasteiger partial charge in [-0.2, -0.15) is 10.4 Å². The molecule has 2 aliphatic rings. The first-order valence-corrected chi connectivity index (χ1v) is 13.7. The van der Waals surface area contributed by atoms with Crippen molar-refractivity contribution >= 4 is 5.65 Å². The predicted molar refractivity (Wildman–Crippen MR) is 145 cm³/mol. The fraction of sp³-hybridized carbons (Fsp3) is 0.387. The number of benzene rings is 2. The number of nitriles is 1. The average molecular weight is 527 g/mol. The van der Waals surface area contributed by atoms with Gasteiger partial charge in [0, 0.05) is 36.9 Å². The summed E-state index contributed by atoms with van der Waals surface area (Å²) >= 11 is 0. The van der Waals surface area contributed by atoms with Crippen molar-refractivity contribution in [3.05, 3.63) is 93.3 Å². The Morgan fingerprint density at radius 1 is 1.13 bits per heavy atom. The quantitative estimate of drug-likeness (QED) is 0.328. The maximum Gasteiger partial charge on any atom is 0.257 e. The van der Waals surface area contributed by atoms with E-state index in [-0.39, 0.29) is 18.0 Å². The van der Waals surface area contributed by atoms with Crippen LogP contribution in [0.4, 0.5) is 4.39 Å². The van der Waals surface area contributed by atoms with Crippen molar-refractivity contribution < 1.29 is 13.9 Å². The van der Waals surface area contributed by atoms with E-state index in [4.69, 9.17) is 9.47 Å². The number of halogens is 1. The van der Waals surface area contributed by atoms with Crippen LogP contribution in [0.3, 0.4) is 0 Å². The molecule has 0 radical (unpaired) electrons. The lowest BCUT2D eigenvalue weighted by Gasteiger charge is -2.36. The molecule has 200 valence electrons. The van der Waals surface area contributed by atoms with Gasteiger partial charge in [0.2, 0.25) is 0 Å². The van der Waals surface area contributed by atoms with Crippen molar-refractivity contribution in [1.82, 2.24) is 14.2 Å². The van der Waals surface area contributed by atoms with Gasteiger partial charge >= 0.3 is 0 Å². The molecule has 6 rings (SSSR count). The first-order chi connectivity index (χ1) is 19.0. The molecule has 0 unspecified atom stereocenters. The molecule has 3 heterocycles. The Morgan fingerprint density at radius 3 is 2.62 bits per heavy atom. The standard InChI is InChI=1S/C31H31FN4O3/c1-2-5-28-26(18-22-9-8-21(19-27(22)32)25-7-4-3-6-23(25)20-33)30(37)35(29-12-15-34-36(28)29)24-10-13-31(14-11-24)38-16-17-39-31/h3-4,6-9,12,15,19,24H,2,5,10-11,13-14,16-18H2,1H3. The van der Waals surface area contributed by atoms with Gasteiger partial charge in [-0.15, -0.1) is 0 Å². The third-order valence-electron chi connectivity index (χ3n) is 8.11. The number of aromatic nitrogens is 3. The van der Waals surface area contributed by atoms with Crippen LogP contribution in [0.2, 0.25) is 0 Å². The molecule has 2 aromatic heterocycles. The lowest BCUT2D eigenvalue weighted by molar-refractivity contribution is -0.181. The predicted octanol–water partition coefficient (Wildman–Crippen LogP) is 5.58. The molecule has 4 aromatic rings. The lowest BCUT2D eigenvalue weighted by atomic mass is 9.89. The highest BCUT2D eigenvalue weighted by Crippen LogP contribution is 2.40. The molecule has 7 nitrogen and oxygen atoms in total. The Labute approximate surface area is 226 Å². The van der Waals surface area contributed by atoms with Crippen molar-refractivity contribution in [3.63, 3.8) is 0 Å². The number of rotatable bonds is 6. The zero-order chi connectivity index (χ0) is 27.0. The van der Waals surface area contributed by atoms with E-state index < -0.39 is 11.6 Å². The van der Waals surface area contributed by atoms with Gasteiger partial charge in [0.15, 0.2) is 5.79 Å². The Kier molecular flexibility index (Phi) is 6.79. The van der Waals surface area contributed by atoms with Crippen LogP contribution in [0.25, 0.3) is 16.8 Å². The smallest absolute Gasteiger partial charge is 0.257 e. The minimum absolute atomic E-state index is 0.0146. The summed E-state index contributed by atoms with van der Waals surface area (Å²) in [5, 5.41) is 14.1. The number of nitrogens with zero attached hydrogens (tertiary/aromatic N) is 4. The van der Waals surface area contributed by atoms with Crippen molar-refractivity contribution in [3.8, 4) is 17.2 Å². The van der Waals surface area contributed by atoms with Gasteiger partial charge in [0.1, 0.15) is 11.5 Å². The van der Waals surface area contributed by atoms with E-state index in [1.54, 1.807) is 24.4 Å². The van der Waals surface area contributed by atoms with Crippen LogP contribution in [0, 0.1) is 17.1 Å².